The molecule has 6 nitrogen and oxygen atoms in total. The predicted octanol–water partition coefficient (Wildman–Crippen LogP) is -1.71. The van der Waals surface area contributed by atoms with E-state index in [0.29, 0.717) is 0 Å². The lowest BCUT2D eigenvalue weighted by Crippen LogP contribution is -2.55. The van der Waals surface area contributed by atoms with Gasteiger partial charge in [0.2, 0.25) is 5.91 Å². The van der Waals surface area contributed by atoms with Gasteiger partial charge in [-0.15, -0.1) is 0 Å². The number of carbonyl (C=O) groups is 3. The van der Waals surface area contributed by atoms with Crippen molar-refractivity contribution in [2.75, 3.05) is 0 Å². The molecule has 0 aromatic carbocycles. The maximum atomic E-state index is 11.2. The number of imide groups is 1. The Bertz CT molecular complexity index is 265. The minimum atomic E-state index is -1.42. The molecule has 1 fully saturated rings. The first kappa shape index (κ1) is 9.66. The molecule has 1 saturated heterocycles. The van der Waals surface area contributed by atoms with Crippen LogP contribution in [-0.4, -0.2) is 29.9 Å². The van der Waals surface area contributed by atoms with Crippen molar-refractivity contribution in [2.24, 2.45) is 5.73 Å². The van der Waals surface area contributed by atoms with Crippen molar-refractivity contribution in [1.29, 1.82) is 0 Å². The van der Waals surface area contributed by atoms with Crippen molar-refractivity contribution in [3.05, 3.63) is 0 Å². The van der Waals surface area contributed by atoms with Gasteiger partial charge < -0.3 is 10.5 Å². The van der Waals surface area contributed by atoms with Crippen molar-refractivity contribution in [1.82, 2.24) is 5.32 Å². The number of hydrogen-bond donors (Lipinski definition) is 2. The molecule has 0 aromatic rings. The van der Waals surface area contributed by atoms with E-state index >= 15 is 0 Å². The molecule has 0 saturated carbocycles. The van der Waals surface area contributed by atoms with Crippen LogP contribution in [0.1, 0.15) is 13.3 Å². The Morgan fingerprint density at radius 2 is 2.31 bits per heavy atom. The second kappa shape index (κ2) is 3.14. The molecule has 72 valence electrons. The summed E-state index contributed by atoms with van der Waals surface area (Å²) >= 11 is 0. The highest BCUT2D eigenvalue weighted by atomic mass is 16.5. The lowest BCUT2D eigenvalue weighted by atomic mass is 9.93. The molecule has 1 aliphatic rings. The van der Waals surface area contributed by atoms with Gasteiger partial charge in [0.1, 0.15) is 11.6 Å². The Morgan fingerprint density at radius 1 is 1.69 bits per heavy atom. The molecule has 0 bridgehead atoms. The number of nitrogens with two attached hydrogens (primary N) is 1. The standard InChI is InChI=1S/C7H10N2O4/c1-4(13-3-10)7(8)2-5(11)9-6(7)12/h3-4H,2,8H2,1H3,(H,9,11,12). The first-order valence-electron chi connectivity index (χ1n) is 3.73. The minimum Gasteiger partial charge on any atom is -0.462 e. The molecule has 0 radical (unpaired) electrons. The third kappa shape index (κ3) is 1.52. The first-order valence-corrected chi connectivity index (χ1v) is 3.73. The van der Waals surface area contributed by atoms with Crippen molar-refractivity contribution < 1.29 is 19.1 Å². The SMILES string of the molecule is CC(OC=O)C1(N)CC(=O)NC1=O. The van der Waals surface area contributed by atoms with Crippen LogP contribution in [0.25, 0.3) is 0 Å². The normalized spacial score (nSPS) is 29.7. The van der Waals surface area contributed by atoms with Gasteiger partial charge in [-0.3, -0.25) is 19.7 Å². The fraction of sp³-hybridized carbons (Fsp3) is 0.571. The zero-order valence-electron chi connectivity index (χ0n) is 7.07. The number of ether oxygens (including phenoxy) is 1. The second-order valence-corrected chi connectivity index (χ2v) is 2.97. The average Bonchev–Trinajstić information content (AvgIpc) is 2.28. The molecule has 1 aliphatic heterocycles. The molecule has 1 rings (SSSR count). The summed E-state index contributed by atoms with van der Waals surface area (Å²) in [4.78, 5) is 32.0. The fourth-order valence-electron chi connectivity index (χ4n) is 1.17. The van der Waals surface area contributed by atoms with Crippen LogP contribution in [-0.2, 0) is 19.1 Å². The smallest absolute Gasteiger partial charge is 0.293 e. The zero-order valence-corrected chi connectivity index (χ0v) is 7.07. The number of rotatable bonds is 3. The predicted molar refractivity (Wildman–Crippen MR) is 41.3 cm³/mol. The Kier molecular flexibility index (Phi) is 2.33. The molecular weight excluding hydrogens is 176 g/mol. The van der Waals surface area contributed by atoms with Crippen LogP contribution in [0.3, 0.4) is 0 Å². The largest absolute Gasteiger partial charge is 0.462 e. The molecule has 0 aliphatic carbocycles. The number of hydrogen-bond acceptors (Lipinski definition) is 5. The van der Waals surface area contributed by atoms with Gasteiger partial charge in [0, 0.05) is 0 Å². The summed E-state index contributed by atoms with van der Waals surface area (Å²) in [6.45, 7) is 1.67. The topological polar surface area (TPSA) is 98.5 Å². The van der Waals surface area contributed by atoms with E-state index in [2.05, 4.69) is 4.74 Å². The maximum Gasteiger partial charge on any atom is 0.293 e. The van der Waals surface area contributed by atoms with E-state index in [0.717, 1.165) is 0 Å². The Balaban J connectivity index is 2.80. The van der Waals surface area contributed by atoms with Gasteiger partial charge in [0.15, 0.2) is 0 Å². The lowest BCUT2D eigenvalue weighted by Gasteiger charge is -2.25. The van der Waals surface area contributed by atoms with Crippen molar-refractivity contribution in [3.8, 4) is 0 Å². The quantitative estimate of drug-likeness (QED) is 0.404. The van der Waals surface area contributed by atoms with Crippen LogP contribution in [0.4, 0.5) is 0 Å². The monoisotopic (exact) mass is 186 g/mol. The van der Waals surface area contributed by atoms with Crippen LogP contribution in [0.5, 0.6) is 0 Å². The summed E-state index contributed by atoms with van der Waals surface area (Å²) in [5.74, 6) is -1.05. The summed E-state index contributed by atoms with van der Waals surface area (Å²) in [5.41, 5.74) is 4.19. The van der Waals surface area contributed by atoms with Gasteiger partial charge >= 0.3 is 0 Å². The van der Waals surface area contributed by atoms with Crippen molar-refractivity contribution in [2.45, 2.75) is 25.0 Å². The first-order chi connectivity index (χ1) is 6.00. The van der Waals surface area contributed by atoms with E-state index < -0.39 is 23.5 Å². The third-order valence-electron chi connectivity index (χ3n) is 2.11. The summed E-state index contributed by atoms with van der Waals surface area (Å²) in [6, 6.07) is 0. The molecule has 3 N–H and O–H groups in total. The third-order valence-corrected chi connectivity index (χ3v) is 2.11. The summed E-state index contributed by atoms with van der Waals surface area (Å²) in [7, 11) is 0. The highest BCUT2D eigenvalue weighted by Crippen LogP contribution is 2.19. The van der Waals surface area contributed by atoms with Crippen LogP contribution in [0.2, 0.25) is 0 Å². The van der Waals surface area contributed by atoms with Gasteiger partial charge in [-0.2, -0.15) is 0 Å². The van der Waals surface area contributed by atoms with Crippen molar-refractivity contribution >= 4 is 18.3 Å². The lowest BCUT2D eigenvalue weighted by molar-refractivity contribution is -0.140. The number of nitrogens with one attached hydrogen (secondary N) is 1. The van der Waals surface area contributed by atoms with Crippen LogP contribution < -0.4 is 11.1 Å². The van der Waals surface area contributed by atoms with E-state index in [1.807, 2.05) is 5.32 Å². The molecule has 0 spiro atoms. The second-order valence-electron chi connectivity index (χ2n) is 2.97. The Morgan fingerprint density at radius 3 is 2.69 bits per heavy atom. The molecule has 2 amide bonds. The van der Waals surface area contributed by atoms with Gasteiger partial charge in [0.05, 0.1) is 6.42 Å². The van der Waals surface area contributed by atoms with Gasteiger partial charge in [0.25, 0.3) is 12.4 Å². The molecule has 0 aromatic heterocycles. The van der Waals surface area contributed by atoms with E-state index in [1.165, 1.54) is 6.92 Å². The van der Waals surface area contributed by atoms with Gasteiger partial charge in [-0.1, -0.05) is 0 Å². The Labute approximate surface area is 74.4 Å². The Hall–Kier alpha value is -1.43. The van der Waals surface area contributed by atoms with Crippen LogP contribution in [0.15, 0.2) is 0 Å². The molecule has 2 atom stereocenters. The average molecular weight is 186 g/mol. The van der Waals surface area contributed by atoms with Crippen LogP contribution in [0, 0.1) is 0 Å². The van der Waals surface area contributed by atoms with Gasteiger partial charge in [-0.05, 0) is 6.92 Å². The summed E-state index contributed by atoms with van der Waals surface area (Å²) < 4.78 is 4.53. The fourth-order valence-corrected chi connectivity index (χ4v) is 1.17. The summed E-state index contributed by atoms with van der Waals surface area (Å²) in [5, 5.41) is 2.05. The number of amides is 2. The molecular formula is C7H10N2O4. The van der Waals surface area contributed by atoms with Crippen molar-refractivity contribution in [3.63, 3.8) is 0 Å². The molecule has 1 heterocycles. The highest BCUT2D eigenvalue weighted by molar-refractivity contribution is 6.08. The number of carbonyl (C=O) groups excluding carboxylic acids is 3. The van der Waals surface area contributed by atoms with Gasteiger partial charge in [-0.25, -0.2) is 0 Å². The summed E-state index contributed by atoms with van der Waals surface area (Å²) in [6.07, 6.45) is -0.961. The van der Waals surface area contributed by atoms with E-state index in [9.17, 15) is 14.4 Å². The van der Waals surface area contributed by atoms with E-state index in [4.69, 9.17) is 5.73 Å². The molecule has 13 heavy (non-hydrogen) atoms. The molecule has 6 heteroatoms. The minimum absolute atomic E-state index is 0.152. The van der Waals surface area contributed by atoms with Crippen LogP contribution >= 0.6 is 0 Å². The van der Waals surface area contributed by atoms with E-state index in [1.54, 1.807) is 0 Å². The highest BCUT2D eigenvalue weighted by Gasteiger charge is 2.48. The maximum absolute atomic E-state index is 11.2. The zero-order chi connectivity index (χ0) is 10.1. The van der Waals surface area contributed by atoms with E-state index in [-0.39, 0.29) is 12.9 Å². The molecule has 2 unspecified atom stereocenters.